The Hall–Kier alpha value is -0.900. The maximum absolute atomic E-state index is 11.0. The summed E-state index contributed by atoms with van der Waals surface area (Å²) in [6, 6.07) is 3.31. The third-order valence-electron chi connectivity index (χ3n) is 3.49. The van der Waals surface area contributed by atoms with E-state index >= 15 is 0 Å². The SMILES string of the molecule is CN=C(NCc1ccc(C(N)=O)o1)NCC1(C)CCCS1.I. The van der Waals surface area contributed by atoms with E-state index in [1.165, 1.54) is 18.6 Å². The molecule has 0 aliphatic carbocycles. The third kappa shape index (κ3) is 5.38. The van der Waals surface area contributed by atoms with Gasteiger partial charge in [-0.2, -0.15) is 11.8 Å². The molecule has 1 saturated heterocycles. The number of halogens is 1. The number of nitrogens with one attached hydrogen (secondary N) is 2. The largest absolute Gasteiger partial charge is 0.454 e. The number of nitrogens with zero attached hydrogens (tertiary/aromatic N) is 1. The Morgan fingerprint density at radius 1 is 1.50 bits per heavy atom. The minimum atomic E-state index is -0.560. The Kier molecular flexibility index (Phi) is 7.54. The van der Waals surface area contributed by atoms with Crippen molar-refractivity contribution in [2.75, 3.05) is 19.3 Å². The first-order chi connectivity index (χ1) is 10.0. The van der Waals surface area contributed by atoms with Gasteiger partial charge in [0.15, 0.2) is 11.7 Å². The lowest BCUT2D eigenvalue weighted by Crippen LogP contribution is -2.43. The van der Waals surface area contributed by atoms with Crippen LogP contribution in [0.5, 0.6) is 0 Å². The second-order valence-electron chi connectivity index (χ2n) is 5.31. The summed E-state index contributed by atoms with van der Waals surface area (Å²) >= 11 is 2.00. The molecule has 1 fully saturated rings. The predicted octanol–water partition coefficient (Wildman–Crippen LogP) is 1.95. The quantitative estimate of drug-likeness (QED) is 0.371. The lowest BCUT2D eigenvalue weighted by Gasteiger charge is -2.24. The highest BCUT2D eigenvalue weighted by Gasteiger charge is 2.29. The average Bonchev–Trinajstić information content (AvgIpc) is 3.08. The molecule has 1 amide bonds. The molecule has 1 aromatic heterocycles. The topological polar surface area (TPSA) is 92.6 Å². The van der Waals surface area contributed by atoms with Crippen LogP contribution >= 0.6 is 35.7 Å². The average molecular weight is 438 g/mol. The lowest BCUT2D eigenvalue weighted by molar-refractivity contribution is 0.0972. The van der Waals surface area contributed by atoms with E-state index in [0.717, 1.165) is 12.5 Å². The van der Waals surface area contributed by atoms with Crippen LogP contribution in [0, 0.1) is 0 Å². The van der Waals surface area contributed by atoms with Gasteiger partial charge in [-0.25, -0.2) is 0 Å². The van der Waals surface area contributed by atoms with Crippen LogP contribution in [0.3, 0.4) is 0 Å². The fourth-order valence-electron chi connectivity index (χ4n) is 2.24. The smallest absolute Gasteiger partial charge is 0.284 e. The molecule has 0 bridgehead atoms. The molecule has 4 N–H and O–H groups in total. The van der Waals surface area contributed by atoms with E-state index in [2.05, 4.69) is 22.5 Å². The van der Waals surface area contributed by atoms with Crippen LogP contribution in [0.25, 0.3) is 0 Å². The van der Waals surface area contributed by atoms with Crippen molar-refractivity contribution < 1.29 is 9.21 Å². The molecule has 0 aromatic carbocycles. The summed E-state index contributed by atoms with van der Waals surface area (Å²) in [6.45, 7) is 3.61. The molecule has 0 radical (unpaired) electrons. The fourth-order valence-corrected chi connectivity index (χ4v) is 3.49. The minimum Gasteiger partial charge on any atom is -0.454 e. The Bertz CT molecular complexity index is 527. The number of primary amides is 1. The molecular weight excluding hydrogens is 415 g/mol. The number of nitrogens with two attached hydrogens (primary N) is 1. The van der Waals surface area contributed by atoms with Crippen LogP contribution in [0.15, 0.2) is 21.5 Å². The zero-order chi connectivity index (χ0) is 15.3. The van der Waals surface area contributed by atoms with Crippen molar-refractivity contribution in [3.05, 3.63) is 23.7 Å². The van der Waals surface area contributed by atoms with Gasteiger partial charge in [-0.3, -0.25) is 9.79 Å². The van der Waals surface area contributed by atoms with Gasteiger partial charge in [0.2, 0.25) is 0 Å². The van der Waals surface area contributed by atoms with E-state index in [4.69, 9.17) is 10.2 Å². The number of thioether (sulfide) groups is 1. The fraction of sp³-hybridized carbons (Fsp3) is 0.571. The Balaban J connectivity index is 0.00000242. The molecule has 0 spiro atoms. The van der Waals surface area contributed by atoms with Gasteiger partial charge in [0.1, 0.15) is 5.76 Å². The summed E-state index contributed by atoms with van der Waals surface area (Å²) in [4.78, 5) is 15.2. The van der Waals surface area contributed by atoms with E-state index < -0.39 is 5.91 Å². The third-order valence-corrected chi connectivity index (χ3v) is 5.03. The number of guanidine groups is 1. The maximum atomic E-state index is 11.0. The van der Waals surface area contributed by atoms with Crippen LogP contribution in [-0.2, 0) is 6.54 Å². The molecular formula is C14H23IN4O2S. The molecule has 22 heavy (non-hydrogen) atoms. The van der Waals surface area contributed by atoms with Crippen LogP contribution in [-0.4, -0.2) is 36.0 Å². The standard InChI is InChI=1S/C14H22N4O2S.HI/c1-14(6-3-7-21-14)9-18-13(16-2)17-8-10-4-5-11(20-10)12(15)19;/h4-5H,3,6-9H2,1-2H3,(H2,15,19)(H2,16,17,18);1H. The van der Waals surface area contributed by atoms with Crippen molar-refractivity contribution in [2.45, 2.75) is 31.1 Å². The predicted molar refractivity (Wildman–Crippen MR) is 101 cm³/mol. The zero-order valence-electron chi connectivity index (χ0n) is 12.8. The van der Waals surface area contributed by atoms with Crippen molar-refractivity contribution >= 4 is 47.6 Å². The van der Waals surface area contributed by atoms with Crippen LogP contribution in [0.2, 0.25) is 0 Å². The van der Waals surface area contributed by atoms with Crippen molar-refractivity contribution in [1.82, 2.24) is 10.6 Å². The summed E-state index contributed by atoms with van der Waals surface area (Å²) < 4.78 is 5.59. The van der Waals surface area contributed by atoms with Gasteiger partial charge in [0, 0.05) is 18.3 Å². The molecule has 8 heteroatoms. The van der Waals surface area contributed by atoms with E-state index in [1.807, 2.05) is 11.8 Å². The van der Waals surface area contributed by atoms with Crippen molar-refractivity contribution in [1.29, 1.82) is 0 Å². The van der Waals surface area contributed by atoms with Gasteiger partial charge in [0.05, 0.1) is 6.54 Å². The van der Waals surface area contributed by atoms with E-state index in [-0.39, 0.29) is 34.5 Å². The van der Waals surface area contributed by atoms with Gasteiger partial charge in [0.25, 0.3) is 5.91 Å². The number of hydrogen-bond donors (Lipinski definition) is 3. The van der Waals surface area contributed by atoms with E-state index in [0.29, 0.717) is 12.3 Å². The number of aliphatic imine (C=N–C) groups is 1. The molecule has 1 aliphatic heterocycles. The first kappa shape index (κ1) is 19.1. The molecule has 1 unspecified atom stereocenters. The first-order valence-electron chi connectivity index (χ1n) is 6.99. The highest BCUT2D eigenvalue weighted by atomic mass is 127. The molecule has 1 atom stereocenters. The summed E-state index contributed by atoms with van der Waals surface area (Å²) in [5.74, 6) is 2.21. The number of furan rings is 1. The van der Waals surface area contributed by atoms with Gasteiger partial charge in [-0.15, -0.1) is 24.0 Å². The number of hydrogen-bond acceptors (Lipinski definition) is 4. The van der Waals surface area contributed by atoms with Crippen molar-refractivity contribution in [3.8, 4) is 0 Å². The van der Waals surface area contributed by atoms with Crippen molar-refractivity contribution in [3.63, 3.8) is 0 Å². The first-order valence-corrected chi connectivity index (χ1v) is 7.98. The van der Waals surface area contributed by atoms with Gasteiger partial charge >= 0.3 is 0 Å². The summed E-state index contributed by atoms with van der Waals surface area (Å²) in [5.41, 5.74) is 5.15. The lowest BCUT2D eigenvalue weighted by atomic mass is 10.1. The molecule has 2 heterocycles. The minimum absolute atomic E-state index is 0. The molecule has 1 aliphatic rings. The molecule has 6 nitrogen and oxygen atoms in total. The van der Waals surface area contributed by atoms with Gasteiger partial charge in [-0.1, -0.05) is 0 Å². The van der Waals surface area contributed by atoms with E-state index in [1.54, 1.807) is 19.2 Å². The maximum Gasteiger partial charge on any atom is 0.284 e. The number of carbonyl (C=O) groups excluding carboxylic acids is 1. The number of carbonyl (C=O) groups is 1. The highest BCUT2D eigenvalue weighted by Crippen LogP contribution is 2.36. The van der Waals surface area contributed by atoms with Gasteiger partial charge < -0.3 is 20.8 Å². The molecule has 124 valence electrons. The summed E-state index contributed by atoms with van der Waals surface area (Å²) in [7, 11) is 1.73. The molecule has 2 rings (SSSR count). The zero-order valence-corrected chi connectivity index (χ0v) is 16.0. The van der Waals surface area contributed by atoms with E-state index in [9.17, 15) is 4.79 Å². The molecule has 1 aromatic rings. The van der Waals surface area contributed by atoms with Crippen molar-refractivity contribution in [2.24, 2.45) is 10.7 Å². The van der Waals surface area contributed by atoms with Crippen LogP contribution in [0.1, 0.15) is 36.1 Å². The number of rotatable bonds is 5. The summed E-state index contributed by atoms with van der Waals surface area (Å²) in [6.07, 6.45) is 2.50. The van der Waals surface area contributed by atoms with Crippen LogP contribution < -0.4 is 16.4 Å². The monoisotopic (exact) mass is 438 g/mol. The number of amides is 1. The molecule has 0 saturated carbocycles. The second kappa shape index (κ2) is 8.66. The second-order valence-corrected chi connectivity index (χ2v) is 6.99. The highest BCUT2D eigenvalue weighted by molar-refractivity contribution is 14.0. The normalized spacial score (nSPS) is 21.3. The Morgan fingerprint density at radius 2 is 2.27 bits per heavy atom. The Morgan fingerprint density at radius 3 is 2.82 bits per heavy atom. The van der Waals surface area contributed by atoms with Crippen LogP contribution in [0.4, 0.5) is 0 Å². The Labute approximate surface area is 152 Å². The van der Waals surface area contributed by atoms with Gasteiger partial charge in [-0.05, 0) is 37.7 Å². The summed E-state index contributed by atoms with van der Waals surface area (Å²) in [5, 5.41) is 6.50.